The van der Waals surface area contributed by atoms with E-state index >= 15 is 0 Å². The Morgan fingerprint density at radius 3 is 2.72 bits per heavy atom. The fraction of sp³-hybridized carbons (Fsp3) is 0.440. The molecule has 0 spiro atoms. The summed E-state index contributed by atoms with van der Waals surface area (Å²) in [5.74, 6) is 1.74. The zero-order valence-corrected chi connectivity index (χ0v) is 19.2. The molecule has 7 nitrogen and oxygen atoms in total. The number of nitrogens with one attached hydrogen (secondary N) is 2. The summed E-state index contributed by atoms with van der Waals surface area (Å²) in [7, 11) is 3.47. The lowest BCUT2D eigenvalue weighted by atomic mass is 10.0. The Balaban J connectivity index is 1.56. The molecule has 0 saturated heterocycles. The number of hydrogen-bond acceptors (Lipinski definition) is 4. The molecule has 172 valence electrons. The van der Waals surface area contributed by atoms with Crippen molar-refractivity contribution in [2.45, 2.75) is 26.0 Å². The SMILES string of the molecule is CC(CNC(=NCC(=O)N(C)C)NC1CCOc2ccccc21)COCc1ccccc1. The maximum Gasteiger partial charge on any atom is 0.243 e. The van der Waals surface area contributed by atoms with Crippen molar-refractivity contribution in [1.82, 2.24) is 15.5 Å². The molecule has 2 atom stereocenters. The van der Waals surface area contributed by atoms with Crippen molar-refractivity contribution in [3.63, 3.8) is 0 Å². The largest absolute Gasteiger partial charge is 0.493 e. The zero-order chi connectivity index (χ0) is 22.8. The monoisotopic (exact) mass is 438 g/mol. The minimum atomic E-state index is -0.0438. The van der Waals surface area contributed by atoms with Gasteiger partial charge in [0.15, 0.2) is 5.96 Å². The number of hydrogen-bond donors (Lipinski definition) is 2. The second kappa shape index (κ2) is 12.1. The Bertz CT molecular complexity index is 886. The molecule has 0 aliphatic carbocycles. The summed E-state index contributed by atoms with van der Waals surface area (Å²) in [6, 6.07) is 18.3. The summed E-state index contributed by atoms with van der Waals surface area (Å²) in [5.41, 5.74) is 2.27. The van der Waals surface area contributed by atoms with E-state index in [0.29, 0.717) is 32.3 Å². The number of para-hydroxylation sites is 1. The van der Waals surface area contributed by atoms with Crippen LogP contribution in [0.25, 0.3) is 0 Å². The number of rotatable bonds is 9. The first-order valence-corrected chi connectivity index (χ1v) is 11.1. The number of guanidine groups is 1. The van der Waals surface area contributed by atoms with Gasteiger partial charge in [0.1, 0.15) is 12.3 Å². The Morgan fingerprint density at radius 2 is 1.94 bits per heavy atom. The van der Waals surface area contributed by atoms with E-state index < -0.39 is 0 Å². The lowest BCUT2D eigenvalue weighted by Gasteiger charge is -2.28. The molecule has 7 heteroatoms. The Kier molecular flexibility index (Phi) is 8.92. The third-order valence-corrected chi connectivity index (χ3v) is 5.27. The molecule has 3 rings (SSSR count). The van der Waals surface area contributed by atoms with Crippen LogP contribution in [-0.4, -0.2) is 57.2 Å². The Morgan fingerprint density at radius 1 is 1.19 bits per heavy atom. The highest BCUT2D eigenvalue weighted by Crippen LogP contribution is 2.31. The van der Waals surface area contributed by atoms with Crippen LogP contribution in [0, 0.1) is 5.92 Å². The van der Waals surface area contributed by atoms with Gasteiger partial charge in [0, 0.05) is 32.6 Å². The molecule has 1 heterocycles. The van der Waals surface area contributed by atoms with E-state index in [1.807, 2.05) is 36.4 Å². The van der Waals surface area contributed by atoms with Crippen molar-refractivity contribution in [1.29, 1.82) is 0 Å². The number of benzene rings is 2. The highest BCUT2D eigenvalue weighted by atomic mass is 16.5. The van der Waals surface area contributed by atoms with Gasteiger partial charge in [-0.1, -0.05) is 55.5 Å². The number of amides is 1. The second-order valence-electron chi connectivity index (χ2n) is 8.31. The molecule has 0 fully saturated rings. The lowest BCUT2D eigenvalue weighted by Crippen LogP contribution is -2.43. The smallest absolute Gasteiger partial charge is 0.243 e. The van der Waals surface area contributed by atoms with E-state index in [1.54, 1.807) is 19.0 Å². The van der Waals surface area contributed by atoms with E-state index in [2.05, 4.69) is 40.7 Å². The molecule has 2 N–H and O–H groups in total. The number of carbonyl (C=O) groups is 1. The quantitative estimate of drug-likeness (QED) is 0.465. The molecule has 1 aliphatic heterocycles. The van der Waals surface area contributed by atoms with Crippen molar-refractivity contribution in [3.05, 3.63) is 65.7 Å². The summed E-state index contributed by atoms with van der Waals surface area (Å²) in [6.45, 7) is 4.77. The standard InChI is InChI=1S/C25H34N4O3/c1-19(17-31-18-20-9-5-4-6-10-20)15-26-25(27-16-24(30)29(2)3)28-22-13-14-32-23-12-8-7-11-21(22)23/h4-12,19,22H,13-18H2,1-3H3,(H2,26,27,28). The minimum absolute atomic E-state index is 0.0438. The van der Waals surface area contributed by atoms with Crippen molar-refractivity contribution in [2.24, 2.45) is 10.9 Å². The van der Waals surface area contributed by atoms with E-state index in [9.17, 15) is 4.79 Å². The van der Waals surface area contributed by atoms with Crippen LogP contribution < -0.4 is 15.4 Å². The Hall–Kier alpha value is -3.06. The van der Waals surface area contributed by atoms with E-state index in [1.165, 1.54) is 0 Å². The minimum Gasteiger partial charge on any atom is -0.493 e. The van der Waals surface area contributed by atoms with Crippen molar-refractivity contribution >= 4 is 11.9 Å². The maximum atomic E-state index is 12.1. The molecular weight excluding hydrogens is 404 g/mol. The van der Waals surface area contributed by atoms with Gasteiger partial charge in [-0.3, -0.25) is 4.79 Å². The molecule has 0 radical (unpaired) electrons. The van der Waals surface area contributed by atoms with Gasteiger partial charge in [0.05, 0.1) is 25.9 Å². The molecule has 2 aromatic rings. The van der Waals surface area contributed by atoms with Crippen LogP contribution in [0.4, 0.5) is 0 Å². The summed E-state index contributed by atoms with van der Waals surface area (Å²) in [6.07, 6.45) is 0.828. The topological polar surface area (TPSA) is 75.2 Å². The van der Waals surface area contributed by atoms with Gasteiger partial charge in [0.25, 0.3) is 0 Å². The van der Waals surface area contributed by atoms with Gasteiger partial charge in [-0.2, -0.15) is 0 Å². The van der Waals surface area contributed by atoms with Crippen LogP contribution in [0.2, 0.25) is 0 Å². The zero-order valence-electron chi connectivity index (χ0n) is 19.2. The van der Waals surface area contributed by atoms with E-state index in [4.69, 9.17) is 9.47 Å². The first kappa shape index (κ1) is 23.6. The highest BCUT2D eigenvalue weighted by Gasteiger charge is 2.22. The molecule has 0 saturated carbocycles. The highest BCUT2D eigenvalue weighted by molar-refractivity contribution is 5.85. The van der Waals surface area contributed by atoms with Crippen LogP contribution in [0.3, 0.4) is 0 Å². The van der Waals surface area contributed by atoms with Crippen LogP contribution in [-0.2, 0) is 16.1 Å². The van der Waals surface area contributed by atoms with Crippen LogP contribution in [0.15, 0.2) is 59.6 Å². The number of nitrogens with zero attached hydrogens (tertiary/aromatic N) is 2. The number of fused-ring (bicyclic) bond motifs is 1. The molecule has 32 heavy (non-hydrogen) atoms. The number of carbonyl (C=O) groups excluding carboxylic acids is 1. The fourth-order valence-electron chi connectivity index (χ4n) is 3.38. The van der Waals surface area contributed by atoms with Crippen molar-refractivity contribution in [3.8, 4) is 5.75 Å². The molecule has 1 aliphatic rings. The van der Waals surface area contributed by atoms with E-state index in [-0.39, 0.29) is 24.4 Å². The molecular formula is C25H34N4O3. The van der Waals surface area contributed by atoms with Gasteiger partial charge < -0.3 is 25.0 Å². The summed E-state index contributed by atoms with van der Waals surface area (Å²) < 4.78 is 11.6. The third-order valence-electron chi connectivity index (χ3n) is 5.27. The van der Waals surface area contributed by atoms with Gasteiger partial charge in [0.2, 0.25) is 5.91 Å². The molecule has 0 bridgehead atoms. The predicted octanol–water partition coefficient (Wildman–Crippen LogP) is 2.99. The van der Waals surface area contributed by atoms with Gasteiger partial charge in [-0.25, -0.2) is 4.99 Å². The second-order valence-corrected chi connectivity index (χ2v) is 8.31. The Labute approximate surface area is 190 Å². The molecule has 2 unspecified atom stereocenters. The lowest BCUT2D eigenvalue weighted by molar-refractivity contribution is -0.127. The normalized spacial score (nSPS) is 16.5. The van der Waals surface area contributed by atoms with Crippen molar-refractivity contribution in [2.75, 3.05) is 40.4 Å². The molecule has 0 aromatic heterocycles. The average molecular weight is 439 g/mol. The summed E-state index contributed by atoms with van der Waals surface area (Å²) >= 11 is 0. The third kappa shape index (κ3) is 7.27. The van der Waals surface area contributed by atoms with Gasteiger partial charge in [-0.05, 0) is 17.5 Å². The van der Waals surface area contributed by atoms with Crippen LogP contribution in [0.1, 0.15) is 30.5 Å². The van der Waals surface area contributed by atoms with Crippen LogP contribution in [0.5, 0.6) is 5.75 Å². The average Bonchev–Trinajstić information content (AvgIpc) is 2.81. The number of ether oxygens (including phenoxy) is 2. The maximum absolute atomic E-state index is 12.1. The molecule has 1 amide bonds. The number of likely N-dealkylation sites (N-methyl/N-ethyl adjacent to an activating group) is 1. The van der Waals surface area contributed by atoms with Crippen LogP contribution >= 0.6 is 0 Å². The first-order chi connectivity index (χ1) is 15.5. The van der Waals surface area contributed by atoms with E-state index in [0.717, 1.165) is 23.3 Å². The fourth-order valence-corrected chi connectivity index (χ4v) is 3.38. The number of aliphatic imine (C=N–C) groups is 1. The molecule has 2 aromatic carbocycles. The van der Waals surface area contributed by atoms with Gasteiger partial charge >= 0.3 is 0 Å². The summed E-state index contributed by atoms with van der Waals surface area (Å²) in [4.78, 5) is 18.2. The summed E-state index contributed by atoms with van der Waals surface area (Å²) in [5, 5.41) is 6.88. The first-order valence-electron chi connectivity index (χ1n) is 11.1. The van der Waals surface area contributed by atoms with Crippen molar-refractivity contribution < 1.29 is 14.3 Å². The predicted molar refractivity (Wildman–Crippen MR) is 127 cm³/mol. The van der Waals surface area contributed by atoms with Gasteiger partial charge in [-0.15, -0.1) is 0 Å².